The van der Waals surface area contributed by atoms with Crippen LogP contribution in [0.4, 0.5) is 0 Å². The predicted molar refractivity (Wildman–Crippen MR) is 117 cm³/mol. The van der Waals surface area contributed by atoms with Crippen molar-refractivity contribution in [3.8, 4) is 17.5 Å². The van der Waals surface area contributed by atoms with E-state index < -0.39 is 5.54 Å². The molecule has 1 aromatic heterocycles. The van der Waals surface area contributed by atoms with Gasteiger partial charge in [0.15, 0.2) is 11.0 Å². The fourth-order valence-electron chi connectivity index (χ4n) is 3.12. The molecule has 160 valence electrons. The number of amides is 1. The van der Waals surface area contributed by atoms with E-state index in [4.69, 9.17) is 16.3 Å². The minimum Gasteiger partial charge on any atom is -0.376 e. The van der Waals surface area contributed by atoms with E-state index in [1.807, 2.05) is 42.7 Å². The van der Waals surface area contributed by atoms with E-state index in [2.05, 4.69) is 21.6 Å². The van der Waals surface area contributed by atoms with Gasteiger partial charge in [0.05, 0.1) is 24.5 Å². The minimum absolute atomic E-state index is 0.00359. The minimum atomic E-state index is -0.905. The number of thioether (sulfide) groups is 1. The molecule has 1 aliphatic rings. The molecule has 0 spiro atoms. The number of halogens is 1. The summed E-state index contributed by atoms with van der Waals surface area (Å²) in [5, 5.41) is 22.2. The van der Waals surface area contributed by atoms with Crippen molar-refractivity contribution in [2.45, 2.75) is 57.0 Å². The smallest absolute Gasteiger partial charge is 0.231 e. The Morgan fingerprint density at radius 3 is 2.77 bits per heavy atom. The second kappa shape index (κ2) is 9.82. The Bertz CT molecular complexity index is 918. The lowest BCUT2D eigenvalue weighted by molar-refractivity contribution is -0.120. The molecule has 1 N–H and O–H groups in total. The van der Waals surface area contributed by atoms with Gasteiger partial charge in [-0.25, -0.2) is 0 Å². The molecule has 0 aliphatic carbocycles. The number of benzene rings is 1. The van der Waals surface area contributed by atoms with E-state index >= 15 is 0 Å². The van der Waals surface area contributed by atoms with Gasteiger partial charge in [-0.15, -0.1) is 10.2 Å². The van der Waals surface area contributed by atoms with Gasteiger partial charge >= 0.3 is 0 Å². The van der Waals surface area contributed by atoms with Crippen LogP contribution in [0.3, 0.4) is 0 Å². The van der Waals surface area contributed by atoms with Gasteiger partial charge in [0.25, 0.3) is 0 Å². The van der Waals surface area contributed by atoms with Crippen LogP contribution < -0.4 is 5.32 Å². The maximum atomic E-state index is 12.5. The van der Waals surface area contributed by atoms with Gasteiger partial charge in [-0.3, -0.25) is 9.36 Å². The van der Waals surface area contributed by atoms with Crippen LogP contribution in [0, 0.1) is 17.2 Å². The Labute approximate surface area is 186 Å². The molecular formula is C21H26ClN5O2S. The highest BCUT2D eigenvalue weighted by Gasteiger charge is 2.30. The number of nitrogens with one attached hydrogen (secondary N) is 1. The molecule has 2 aromatic rings. The van der Waals surface area contributed by atoms with Crippen molar-refractivity contribution in [3.63, 3.8) is 0 Å². The van der Waals surface area contributed by atoms with E-state index in [0.29, 0.717) is 22.5 Å². The van der Waals surface area contributed by atoms with Gasteiger partial charge in [-0.05, 0) is 49.9 Å². The van der Waals surface area contributed by atoms with E-state index in [1.165, 1.54) is 11.8 Å². The molecule has 7 nitrogen and oxygen atoms in total. The SMILES string of the molecule is CC(C)[C@](C)(C#N)NC(=O)CSc1nnc(-c2ccc(Cl)cc2)n1C[C@@H]1CCCO1. The van der Waals surface area contributed by atoms with Crippen LogP contribution in [0.25, 0.3) is 11.4 Å². The Balaban J connectivity index is 1.77. The summed E-state index contributed by atoms with van der Waals surface area (Å²) in [6.07, 6.45) is 2.12. The third-order valence-electron chi connectivity index (χ3n) is 5.35. The van der Waals surface area contributed by atoms with Crippen molar-refractivity contribution in [2.24, 2.45) is 5.92 Å². The lowest BCUT2D eigenvalue weighted by Crippen LogP contribution is -2.49. The number of ether oxygens (including phenoxy) is 1. The molecule has 0 bridgehead atoms. The van der Waals surface area contributed by atoms with Gasteiger partial charge in [-0.1, -0.05) is 37.2 Å². The first-order valence-electron chi connectivity index (χ1n) is 9.98. The fraction of sp³-hybridized carbons (Fsp3) is 0.524. The van der Waals surface area contributed by atoms with Crippen LogP contribution in [0.15, 0.2) is 29.4 Å². The van der Waals surface area contributed by atoms with Crippen LogP contribution in [0.5, 0.6) is 0 Å². The molecule has 1 fully saturated rings. The van der Waals surface area contributed by atoms with E-state index in [1.54, 1.807) is 6.92 Å². The molecule has 1 saturated heterocycles. The maximum Gasteiger partial charge on any atom is 0.231 e. The highest BCUT2D eigenvalue weighted by atomic mass is 35.5. The zero-order chi connectivity index (χ0) is 21.7. The average molecular weight is 448 g/mol. The number of hydrogen-bond donors (Lipinski definition) is 1. The lowest BCUT2D eigenvalue weighted by Gasteiger charge is -2.27. The summed E-state index contributed by atoms with van der Waals surface area (Å²) < 4.78 is 7.80. The van der Waals surface area contributed by atoms with Crippen molar-refractivity contribution < 1.29 is 9.53 Å². The third kappa shape index (κ3) is 5.34. The number of hydrogen-bond acceptors (Lipinski definition) is 6. The normalized spacial score (nSPS) is 18.2. The standard InChI is InChI=1S/C21H26ClN5O2S/c1-14(2)21(3,13-23)24-18(28)12-30-20-26-25-19(15-6-8-16(22)9-7-15)27(20)11-17-5-4-10-29-17/h6-9,14,17H,4-5,10-12H2,1-3H3,(H,24,28)/t17-,21-/m0/s1. The number of nitriles is 1. The molecule has 0 unspecified atom stereocenters. The maximum absolute atomic E-state index is 12.5. The lowest BCUT2D eigenvalue weighted by atomic mass is 9.90. The predicted octanol–water partition coefficient (Wildman–Crippen LogP) is 3.92. The summed E-state index contributed by atoms with van der Waals surface area (Å²) in [7, 11) is 0. The van der Waals surface area contributed by atoms with Gasteiger partial charge in [0.2, 0.25) is 5.91 Å². The van der Waals surface area contributed by atoms with Gasteiger partial charge in [0, 0.05) is 17.2 Å². The summed E-state index contributed by atoms with van der Waals surface area (Å²) in [6.45, 7) is 6.94. The molecule has 1 amide bonds. The number of aromatic nitrogens is 3. The molecule has 0 saturated carbocycles. The van der Waals surface area contributed by atoms with Crippen molar-refractivity contribution >= 4 is 29.3 Å². The van der Waals surface area contributed by atoms with Crippen molar-refractivity contribution in [3.05, 3.63) is 29.3 Å². The quantitative estimate of drug-likeness (QED) is 0.616. The Morgan fingerprint density at radius 1 is 1.43 bits per heavy atom. The number of carbonyl (C=O) groups is 1. The highest BCUT2D eigenvalue weighted by molar-refractivity contribution is 7.99. The molecule has 2 atom stereocenters. The van der Waals surface area contributed by atoms with Gasteiger partial charge < -0.3 is 10.1 Å². The van der Waals surface area contributed by atoms with Gasteiger partial charge in [0.1, 0.15) is 5.54 Å². The summed E-state index contributed by atoms with van der Waals surface area (Å²) in [6, 6.07) is 9.63. The summed E-state index contributed by atoms with van der Waals surface area (Å²) >= 11 is 7.33. The first-order valence-corrected chi connectivity index (χ1v) is 11.3. The summed E-state index contributed by atoms with van der Waals surface area (Å²) in [5.74, 6) is 0.650. The number of nitrogens with zero attached hydrogens (tertiary/aromatic N) is 4. The third-order valence-corrected chi connectivity index (χ3v) is 6.57. The van der Waals surface area contributed by atoms with Crippen LogP contribution in [-0.2, 0) is 16.1 Å². The van der Waals surface area contributed by atoms with E-state index in [0.717, 1.165) is 25.0 Å². The Morgan fingerprint density at radius 2 is 2.17 bits per heavy atom. The van der Waals surface area contributed by atoms with Crippen molar-refractivity contribution in [1.29, 1.82) is 5.26 Å². The summed E-state index contributed by atoms with van der Waals surface area (Å²) in [5.41, 5.74) is -0.00430. The zero-order valence-corrected chi connectivity index (χ0v) is 19.0. The average Bonchev–Trinajstić information content (AvgIpc) is 3.37. The Hall–Kier alpha value is -2.08. The number of carbonyl (C=O) groups excluding carboxylic acids is 1. The van der Waals surface area contributed by atoms with Crippen LogP contribution in [-0.4, -0.2) is 44.7 Å². The van der Waals surface area contributed by atoms with Crippen molar-refractivity contribution in [2.75, 3.05) is 12.4 Å². The molecule has 1 aromatic carbocycles. The molecule has 0 radical (unpaired) electrons. The van der Waals surface area contributed by atoms with E-state index in [-0.39, 0.29) is 23.7 Å². The first-order chi connectivity index (χ1) is 14.3. The van der Waals surface area contributed by atoms with Crippen LogP contribution in [0.1, 0.15) is 33.6 Å². The van der Waals surface area contributed by atoms with Crippen LogP contribution in [0.2, 0.25) is 5.02 Å². The van der Waals surface area contributed by atoms with Gasteiger partial charge in [-0.2, -0.15) is 5.26 Å². The Kier molecular flexibility index (Phi) is 7.40. The molecule has 30 heavy (non-hydrogen) atoms. The van der Waals surface area contributed by atoms with Crippen LogP contribution >= 0.6 is 23.4 Å². The largest absolute Gasteiger partial charge is 0.376 e. The zero-order valence-electron chi connectivity index (χ0n) is 17.4. The second-order valence-electron chi connectivity index (χ2n) is 7.86. The monoisotopic (exact) mass is 447 g/mol. The second-order valence-corrected chi connectivity index (χ2v) is 9.24. The first kappa shape index (κ1) is 22.6. The number of rotatable bonds is 8. The van der Waals surface area contributed by atoms with Crippen molar-refractivity contribution in [1.82, 2.24) is 20.1 Å². The molecule has 9 heteroatoms. The highest BCUT2D eigenvalue weighted by Crippen LogP contribution is 2.27. The fourth-order valence-corrected chi connectivity index (χ4v) is 4.00. The molecule has 3 rings (SSSR count). The topological polar surface area (TPSA) is 92.8 Å². The molecule has 1 aliphatic heterocycles. The summed E-state index contributed by atoms with van der Waals surface area (Å²) in [4.78, 5) is 12.5. The van der Waals surface area contributed by atoms with E-state index in [9.17, 15) is 10.1 Å². The molecule has 2 heterocycles. The molecular weight excluding hydrogens is 422 g/mol.